The molecule has 174 valence electrons. The molecule has 5 aromatic rings. The fourth-order valence-electron chi connectivity index (χ4n) is 3.76. The summed E-state index contributed by atoms with van der Waals surface area (Å²) < 4.78 is 28.4. The smallest absolute Gasteiger partial charge is 0.261 e. The molecule has 1 aromatic heterocycles. The molecule has 7 nitrogen and oxygen atoms in total. The van der Waals surface area contributed by atoms with E-state index in [4.69, 9.17) is 0 Å². The molecule has 0 saturated carbocycles. The van der Waals surface area contributed by atoms with Crippen LogP contribution < -0.4 is 10.0 Å². The molecule has 0 saturated heterocycles. The van der Waals surface area contributed by atoms with Crippen molar-refractivity contribution in [3.05, 3.63) is 108 Å². The van der Waals surface area contributed by atoms with E-state index in [0.717, 1.165) is 22.2 Å². The molecule has 0 fully saturated rings. The molecule has 8 heteroatoms. The Kier molecular flexibility index (Phi) is 5.80. The third-order valence-corrected chi connectivity index (χ3v) is 6.95. The first-order valence-electron chi connectivity index (χ1n) is 10.9. The summed E-state index contributed by atoms with van der Waals surface area (Å²) >= 11 is 0. The van der Waals surface area contributed by atoms with Crippen molar-refractivity contribution in [1.29, 1.82) is 0 Å². The van der Waals surface area contributed by atoms with E-state index in [2.05, 4.69) is 20.0 Å². The summed E-state index contributed by atoms with van der Waals surface area (Å²) in [6.45, 7) is 1.88. The summed E-state index contributed by atoms with van der Waals surface area (Å²) in [5, 5.41) is 2.91. The Morgan fingerprint density at radius 2 is 1.46 bits per heavy atom. The zero-order valence-corrected chi connectivity index (χ0v) is 19.6. The lowest BCUT2D eigenvalue weighted by molar-refractivity contribution is 0.102. The van der Waals surface area contributed by atoms with Gasteiger partial charge in [-0.15, -0.1) is 0 Å². The molecule has 0 aliphatic heterocycles. The molecule has 0 bridgehead atoms. The predicted molar refractivity (Wildman–Crippen MR) is 138 cm³/mol. The molecule has 5 rings (SSSR count). The average Bonchev–Trinajstić information content (AvgIpc) is 3.29. The van der Waals surface area contributed by atoms with Gasteiger partial charge in [-0.05, 0) is 55.5 Å². The molecule has 3 N–H and O–H groups in total. The van der Waals surface area contributed by atoms with Crippen molar-refractivity contribution in [3.63, 3.8) is 0 Å². The molecule has 0 aliphatic carbocycles. The molecule has 0 radical (unpaired) electrons. The second kappa shape index (κ2) is 9.08. The summed E-state index contributed by atoms with van der Waals surface area (Å²) in [6.07, 6.45) is 0. The predicted octanol–water partition coefficient (Wildman–Crippen LogP) is 5.59. The summed E-state index contributed by atoms with van der Waals surface area (Å²) in [5.74, 6) is 0.172. The highest BCUT2D eigenvalue weighted by atomic mass is 32.2. The van der Waals surface area contributed by atoms with Gasteiger partial charge in [0.2, 0.25) is 0 Å². The van der Waals surface area contributed by atoms with Gasteiger partial charge < -0.3 is 10.3 Å². The summed E-state index contributed by atoms with van der Waals surface area (Å²) in [5.41, 5.74) is 4.31. The number of hydrogen-bond acceptors (Lipinski definition) is 4. The van der Waals surface area contributed by atoms with Gasteiger partial charge in [0.05, 0.1) is 32.9 Å². The maximum absolute atomic E-state index is 13.3. The number of aromatic nitrogens is 2. The number of rotatable bonds is 6. The minimum absolute atomic E-state index is 0.119. The van der Waals surface area contributed by atoms with E-state index in [1.54, 1.807) is 42.5 Å². The number of carbonyl (C=O) groups excluding carboxylic acids is 1. The van der Waals surface area contributed by atoms with Crippen molar-refractivity contribution in [2.45, 2.75) is 11.8 Å². The van der Waals surface area contributed by atoms with Gasteiger partial charge in [-0.25, -0.2) is 13.4 Å². The Morgan fingerprint density at radius 1 is 0.800 bits per heavy atom. The number of fused-ring (bicyclic) bond motifs is 1. The fourth-order valence-corrected chi connectivity index (χ4v) is 4.84. The first-order chi connectivity index (χ1) is 16.9. The van der Waals surface area contributed by atoms with E-state index in [1.165, 1.54) is 12.1 Å². The van der Waals surface area contributed by atoms with Gasteiger partial charge in [-0.3, -0.25) is 9.52 Å². The van der Waals surface area contributed by atoms with Gasteiger partial charge >= 0.3 is 0 Å². The van der Waals surface area contributed by atoms with Crippen LogP contribution in [0.4, 0.5) is 11.4 Å². The number of H-pyrrole nitrogens is 1. The monoisotopic (exact) mass is 482 g/mol. The Labute approximate surface area is 202 Å². The maximum atomic E-state index is 13.3. The number of benzene rings is 4. The van der Waals surface area contributed by atoms with Crippen molar-refractivity contribution < 1.29 is 13.2 Å². The van der Waals surface area contributed by atoms with Crippen LogP contribution in [0.3, 0.4) is 0 Å². The van der Waals surface area contributed by atoms with E-state index in [-0.39, 0.29) is 16.1 Å². The first-order valence-corrected chi connectivity index (χ1v) is 12.4. The second-order valence-corrected chi connectivity index (χ2v) is 9.75. The highest BCUT2D eigenvalue weighted by Gasteiger charge is 2.20. The molecule has 0 aliphatic rings. The summed E-state index contributed by atoms with van der Waals surface area (Å²) in [4.78, 5) is 21.3. The van der Waals surface area contributed by atoms with Gasteiger partial charge in [0.25, 0.3) is 15.9 Å². The van der Waals surface area contributed by atoms with Crippen LogP contribution >= 0.6 is 0 Å². The number of aromatic amines is 1. The third-order valence-electron chi connectivity index (χ3n) is 5.57. The SMILES string of the molecule is Cc1ccc(S(=O)(=O)Nc2ccccc2C(=O)Nc2ccccc2-c2nc3ccccc3[nH]2)cc1. The quantitative estimate of drug-likeness (QED) is 0.293. The number of hydrogen-bond donors (Lipinski definition) is 3. The second-order valence-electron chi connectivity index (χ2n) is 8.07. The van der Waals surface area contributed by atoms with Crippen LogP contribution in [0.25, 0.3) is 22.4 Å². The molecule has 4 aromatic carbocycles. The zero-order chi connectivity index (χ0) is 24.4. The Balaban J connectivity index is 1.45. The number of sulfonamides is 1. The number of imidazole rings is 1. The number of anilines is 2. The Morgan fingerprint density at radius 3 is 2.23 bits per heavy atom. The molecule has 1 heterocycles. The van der Waals surface area contributed by atoms with E-state index < -0.39 is 15.9 Å². The highest BCUT2D eigenvalue weighted by molar-refractivity contribution is 7.92. The molecule has 0 atom stereocenters. The van der Waals surface area contributed by atoms with E-state index in [1.807, 2.05) is 49.4 Å². The number of aryl methyl sites for hydroxylation is 1. The van der Waals surface area contributed by atoms with Gasteiger partial charge in [0.1, 0.15) is 5.82 Å². The van der Waals surface area contributed by atoms with Gasteiger partial charge in [-0.1, -0.05) is 54.1 Å². The number of nitrogens with one attached hydrogen (secondary N) is 3. The Hall–Kier alpha value is -4.43. The van der Waals surface area contributed by atoms with Crippen molar-refractivity contribution in [2.75, 3.05) is 10.0 Å². The number of carbonyl (C=O) groups is 1. The number of nitrogens with zero attached hydrogens (tertiary/aromatic N) is 1. The normalized spacial score (nSPS) is 11.3. The number of amides is 1. The average molecular weight is 483 g/mol. The van der Waals surface area contributed by atoms with Gasteiger partial charge in [-0.2, -0.15) is 0 Å². The lowest BCUT2D eigenvalue weighted by Crippen LogP contribution is -2.19. The van der Waals surface area contributed by atoms with Crippen LogP contribution in [-0.4, -0.2) is 24.3 Å². The van der Waals surface area contributed by atoms with Crippen molar-refractivity contribution >= 4 is 38.3 Å². The van der Waals surface area contributed by atoms with Gasteiger partial charge in [0, 0.05) is 5.56 Å². The largest absolute Gasteiger partial charge is 0.338 e. The lowest BCUT2D eigenvalue weighted by Gasteiger charge is -2.14. The highest BCUT2D eigenvalue weighted by Crippen LogP contribution is 2.29. The van der Waals surface area contributed by atoms with Crippen LogP contribution in [0.2, 0.25) is 0 Å². The molecule has 1 amide bonds. The van der Waals surface area contributed by atoms with Crippen LogP contribution in [0.5, 0.6) is 0 Å². The maximum Gasteiger partial charge on any atom is 0.261 e. The van der Waals surface area contributed by atoms with E-state index in [0.29, 0.717) is 11.5 Å². The summed E-state index contributed by atoms with van der Waals surface area (Å²) in [7, 11) is -3.87. The first kappa shape index (κ1) is 22.4. The Bertz CT molecular complexity index is 1610. The molecular formula is C27H22N4O3S. The van der Waals surface area contributed by atoms with Crippen LogP contribution in [0, 0.1) is 6.92 Å². The van der Waals surface area contributed by atoms with Crippen molar-refractivity contribution in [3.8, 4) is 11.4 Å². The van der Waals surface area contributed by atoms with Crippen molar-refractivity contribution in [1.82, 2.24) is 9.97 Å². The van der Waals surface area contributed by atoms with Crippen LogP contribution in [0.1, 0.15) is 15.9 Å². The molecule has 35 heavy (non-hydrogen) atoms. The third kappa shape index (κ3) is 4.64. The van der Waals surface area contributed by atoms with Crippen molar-refractivity contribution in [2.24, 2.45) is 0 Å². The molecular weight excluding hydrogens is 460 g/mol. The standard InChI is InChI=1S/C27H22N4O3S/c1-18-14-16-19(17-15-18)35(33,34)31-23-11-5-3-9-21(23)27(32)30-22-10-4-2-8-20(22)26-28-24-12-6-7-13-25(24)29-26/h2-17,31H,1H3,(H,28,29)(H,30,32). The number of para-hydroxylation sites is 4. The molecule has 0 spiro atoms. The molecule has 0 unspecified atom stereocenters. The lowest BCUT2D eigenvalue weighted by atomic mass is 10.1. The van der Waals surface area contributed by atoms with E-state index >= 15 is 0 Å². The van der Waals surface area contributed by atoms with Crippen LogP contribution in [0.15, 0.2) is 102 Å². The van der Waals surface area contributed by atoms with Gasteiger partial charge in [0.15, 0.2) is 0 Å². The summed E-state index contributed by atoms with van der Waals surface area (Å²) in [6, 6.07) is 28.0. The zero-order valence-electron chi connectivity index (χ0n) is 18.8. The minimum atomic E-state index is -3.87. The fraction of sp³-hybridized carbons (Fsp3) is 0.0370. The van der Waals surface area contributed by atoms with E-state index in [9.17, 15) is 13.2 Å². The minimum Gasteiger partial charge on any atom is -0.338 e. The van der Waals surface area contributed by atoms with Crippen LogP contribution in [-0.2, 0) is 10.0 Å². The topological polar surface area (TPSA) is 104 Å².